The number of likely N-dealkylation sites (tertiary alicyclic amines) is 1. The van der Waals surface area contributed by atoms with Crippen LogP contribution in [0.1, 0.15) is 38.7 Å². The molecule has 1 aromatic rings. The van der Waals surface area contributed by atoms with Crippen molar-refractivity contribution in [3.05, 3.63) is 35.9 Å². The molecule has 1 N–H and O–H groups in total. The molecule has 1 aromatic carbocycles. The van der Waals surface area contributed by atoms with Crippen LogP contribution in [-0.4, -0.2) is 37.1 Å². The summed E-state index contributed by atoms with van der Waals surface area (Å²) >= 11 is 0. The highest BCUT2D eigenvalue weighted by atomic mass is 15.1. The third kappa shape index (κ3) is 5.26. The molecule has 0 amide bonds. The summed E-state index contributed by atoms with van der Waals surface area (Å²) < 4.78 is 0. The first-order valence-corrected chi connectivity index (χ1v) is 8.03. The molecule has 0 radical (unpaired) electrons. The third-order valence-corrected chi connectivity index (χ3v) is 4.59. The van der Waals surface area contributed by atoms with Crippen LogP contribution in [0.3, 0.4) is 0 Å². The molecule has 0 spiro atoms. The van der Waals surface area contributed by atoms with Gasteiger partial charge in [-0.05, 0) is 77.7 Å². The molecular formula is C18H30N2. The molecule has 0 atom stereocenters. The van der Waals surface area contributed by atoms with E-state index < -0.39 is 0 Å². The molecule has 2 nitrogen and oxygen atoms in total. The maximum Gasteiger partial charge on any atom is 0.0128 e. The van der Waals surface area contributed by atoms with E-state index in [9.17, 15) is 0 Å². The van der Waals surface area contributed by atoms with E-state index in [1.54, 1.807) is 0 Å². The molecule has 20 heavy (non-hydrogen) atoms. The Balaban J connectivity index is 1.70. The Hall–Kier alpha value is -0.860. The minimum atomic E-state index is 0.235. The van der Waals surface area contributed by atoms with Crippen LogP contribution in [0, 0.1) is 5.92 Å². The molecule has 0 aliphatic carbocycles. The van der Waals surface area contributed by atoms with Gasteiger partial charge < -0.3 is 10.2 Å². The van der Waals surface area contributed by atoms with Crippen LogP contribution in [0.2, 0.25) is 0 Å². The fourth-order valence-corrected chi connectivity index (χ4v) is 2.88. The number of piperidine rings is 1. The van der Waals surface area contributed by atoms with Crippen molar-refractivity contribution in [1.29, 1.82) is 0 Å². The Bertz CT molecular complexity index is 378. The van der Waals surface area contributed by atoms with Gasteiger partial charge in [-0.1, -0.05) is 30.3 Å². The lowest BCUT2D eigenvalue weighted by molar-refractivity contribution is 0.203. The van der Waals surface area contributed by atoms with Crippen molar-refractivity contribution in [1.82, 2.24) is 10.2 Å². The number of benzene rings is 1. The zero-order valence-corrected chi connectivity index (χ0v) is 13.4. The van der Waals surface area contributed by atoms with Crippen molar-refractivity contribution < 1.29 is 0 Å². The summed E-state index contributed by atoms with van der Waals surface area (Å²) in [6, 6.07) is 10.8. The number of hydrogen-bond donors (Lipinski definition) is 1. The van der Waals surface area contributed by atoms with Crippen molar-refractivity contribution in [3.63, 3.8) is 0 Å². The summed E-state index contributed by atoms with van der Waals surface area (Å²) in [6.07, 6.45) is 5.05. The van der Waals surface area contributed by atoms with Gasteiger partial charge in [0.15, 0.2) is 0 Å². The number of hydrogen-bond acceptors (Lipinski definition) is 2. The molecule has 1 aliphatic heterocycles. The van der Waals surface area contributed by atoms with E-state index in [1.165, 1.54) is 44.5 Å². The van der Waals surface area contributed by atoms with Crippen LogP contribution >= 0.6 is 0 Å². The van der Waals surface area contributed by atoms with Crippen LogP contribution in [0.4, 0.5) is 0 Å². The maximum atomic E-state index is 3.80. The molecule has 1 aliphatic rings. The van der Waals surface area contributed by atoms with E-state index in [4.69, 9.17) is 0 Å². The van der Waals surface area contributed by atoms with Crippen LogP contribution in [-0.2, 0) is 6.42 Å². The predicted molar refractivity (Wildman–Crippen MR) is 87.1 cm³/mol. The zero-order valence-electron chi connectivity index (χ0n) is 13.4. The number of nitrogens with zero attached hydrogens (tertiary/aromatic N) is 1. The van der Waals surface area contributed by atoms with E-state index in [1.807, 2.05) is 0 Å². The van der Waals surface area contributed by atoms with Crippen LogP contribution in [0.15, 0.2) is 30.3 Å². The van der Waals surface area contributed by atoms with E-state index >= 15 is 0 Å². The minimum Gasteiger partial charge on any atom is -0.312 e. The Morgan fingerprint density at radius 3 is 2.45 bits per heavy atom. The van der Waals surface area contributed by atoms with Gasteiger partial charge in [-0.2, -0.15) is 0 Å². The number of rotatable bonds is 6. The molecule has 2 rings (SSSR count). The second-order valence-electron chi connectivity index (χ2n) is 7.00. The smallest absolute Gasteiger partial charge is 0.0128 e. The first-order valence-electron chi connectivity index (χ1n) is 8.03. The molecule has 112 valence electrons. The van der Waals surface area contributed by atoms with Gasteiger partial charge >= 0.3 is 0 Å². The largest absolute Gasteiger partial charge is 0.312 e. The van der Waals surface area contributed by atoms with E-state index in [0.717, 1.165) is 12.3 Å². The highest BCUT2D eigenvalue weighted by Crippen LogP contribution is 2.18. The quantitative estimate of drug-likeness (QED) is 0.856. The highest BCUT2D eigenvalue weighted by Gasteiger charge is 2.21. The summed E-state index contributed by atoms with van der Waals surface area (Å²) in [5.41, 5.74) is 1.68. The third-order valence-electron chi connectivity index (χ3n) is 4.59. The van der Waals surface area contributed by atoms with E-state index in [-0.39, 0.29) is 5.54 Å². The summed E-state index contributed by atoms with van der Waals surface area (Å²) in [5, 5.41) is 3.80. The lowest BCUT2D eigenvalue weighted by Crippen LogP contribution is -2.44. The van der Waals surface area contributed by atoms with Crippen molar-refractivity contribution in [2.24, 2.45) is 5.92 Å². The lowest BCUT2D eigenvalue weighted by Gasteiger charge is -2.33. The van der Waals surface area contributed by atoms with Gasteiger partial charge in [0.05, 0.1) is 0 Å². The standard InChI is InChI=1S/C18H30N2/c1-18(2,12-9-16-7-5-4-6-8-16)19-15-17-10-13-20(3)14-11-17/h4-8,17,19H,9-15H2,1-3H3. The number of aryl methyl sites for hydroxylation is 1. The van der Waals surface area contributed by atoms with Crippen molar-refractivity contribution in [2.45, 2.75) is 45.1 Å². The minimum absolute atomic E-state index is 0.235. The normalized spacial score (nSPS) is 18.4. The van der Waals surface area contributed by atoms with Gasteiger partial charge in [-0.3, -0.25) is 0 Å². The SMILES string of the molecule is CN1CCC(CNC(C)(C)CCc2ccccc2)CC1. The van der Waals surface area contributed by atoms with Gasteiger partial charge in [0.25, 0.3) is 0 Å². The van der Waals surface area contributed by atoms with Crippen LogP contribution < -0.4 is 5.32 Å². The Morgan fingerprint density at radius 1 is 1.15 bits per heavy atom. The molecule has 0 unspecified atom stereocenters. The van der Waals surface area contributed by atoms with Crippen molar-refractivity contribution in [3.8, 4) is 0 Å². The Labute approximate surface area is 124 Å². The molecular weight excluding hydrogens is 244 g/mol. The first-order chi connectivity index (χ1) is 9.55. The van der Waals surface area contributed by atoms with Gasteiger partial charge in [0.2, 0.25) is 0 Å². The molecule has 1 fully saturated rings. The van der Waals surface area contributed by atoms with Gasteiger partial charge in [-0.25, -0.2) is 0 Å². The molecule has 0 saturated carbocycles. The summed E-state index contributed by atoms with van der Waals surface area (Å²) in [4.78, 5) is 2.44. The summed E-state index contributed by atoms with van der Waals surface area (Å²) in [5.74, 6) is 0.863. The average molecular weight is 274 g/mol. The van der Waals surface area contributed by atoms with Crippen LogP contribution in [0.25, 0.3) is 0 Å². The summed E-state index contributed by atoms with van der Waals surface area (Å²) in [6.45, 7) is 8.37. The molecule has 1 saturated heterocycles. The topological polar surface area (TPSA) is 15.3 Å². The molecule has 0 aromatic heterocycles. The Kier molecular flexibility index (Phi) is 5.62. The first kappa shape index (κ1) is 15.5. The van der Waals surface area contributed by atoms with Crippen LogP contribution in [0.5, 0.6) is 0 Å². The molecule has 0 bridgehead atoms. The second kappa shape index (κ2) is 7.24. The summed E-state index contributed by atoms with van der Waals surface area (Å²) in [7, 11) is 2.23. The van der Waals surface area contributed by atoms with E-state index in [2.05, 4.69) is 61.4 Å². The number of nitrogens with one attached hydrogen (secondary N) is 1. The van der Waals surface area contributed by atoms with Crippen molar-refractivity contribution in [2.75, 3.05) is 26.7 Å². The van der Waals surface area contributed by atoms with Gasteiger partial charge in [0, 0.05) is 5.54 Å². The monoisotopic (exact) mass is 274 g/mol. The zero-order chi connectivity index (χ0) is 14.4. The maximum absolute atomic E-state index is 3.80. The fourth-order valence-electron chi connectivity index (χ4n) is 2.88. The van der Waals surface area contributed by atoms with Gasteiger partial charge in [0.1, 0.15) is 0 Å². The Morgan fingerprint density at radius 2 is 1.80 bits per heavy atom. The molecule has 2 heteroatoms. The van der Waals surface area contributed by atoms with Gasteiger partial charge in [-0.15, -0.1) is 0 Å². The molecule has 1 heterocycles. The second-order valence-corrected chi connectivity index (χ2v) is 7.00. The van der Waals surface area contributed by atoms with E-state index in [0.29, 0.717) is 0 Å². The lowest BCUT2D eigenvalue weighted by atomic mass is 9.92. The highest BCUT2D eigenvalue weighted by molar-refractivity contribution is 5.15. The predicted octanol–water partition coefficient (Wildman–Crippen LogP) is 3.33. The van der Waals surface area contributed by atoms with Crippen molar-refractivity contribution >= 4 is 0 Å². The average Bonchev–Trinajstić information content (AvgIpc) is 2.46. The fraction of sp³-hybridized carbons (Fsp3) is 0.667.